The first-order valence-corrected chi connectivity index (χ1v) is 8.34. The molecule has 110 valence electrons. The molecule has 0 unspecified atom stereocenters. The van der Waals surface area contributed by atoms with Crippen molar-refractivity contribution in [2.45, 2.75) is 18.9 Å². The largest absolute Gasteiger partial charge is 0.367 e. The summed E-state index contributed by atoms with van der Waals surface area (Å²) in [4.78, 5) is 17.4. The summed E-state index contributed by atoms with van der Waals surface area (Å²) in [6.07, 6.45) is 2.73. The molecule has 1 aromatic heterocycles. The SMILES string of the molecule is CN(C)C(=O)c1ccc(NC2CCS(=O)(=O)CC2)nc1. The monoisotopic (exact) mass is 297 g/mol. The maximum absolute atomic E-state index is 11.7. The number of amides is 1. The van der Waals surface area contributed by atoms with Crippen molar-refractivity contribution in [3.8, 4) is 0 Å². The van der Waals surface area contributed by atoms with Crippen LogP contribution in [0.2, 0.25) is 0 Å². The van der Waals surface area contributed by atoms with E-state index in [4.69, 9.17) is 0 Å². The van der Waals surface area contributed by atoms with E-state index in [2.05, 4.69) is 10.3 Å². The Labute approximate surface area is 119 Å². The second kappa shape index (κ2) is 5.78. The van der Waals surface area contributed by atoms with E-state index in [1.165, 1.54) is 11.1 Å². The Morgan fingerprint density at radius 1 is 1.30 bits per heavy atom. The lowest BCUT2D eigenvalue weighted by Crippen LogP contribution is -2.32. The highest BCUT2D eigenvalue weighted by atomic mass is 32.2. The van der Waals surface area contributed by atoms with Crippen LogP contribution in [0.15, 0.2) is 18.3 Å². The van der Waals surface area contributed by atoms with Crippen molar-refractivity contribution in [2.24, 2.45) is 0 Å². The number of hydrogen-bond donors (Lipinski definition) is 1. The fourth-order valence-corrected chi connectivity index (χ4v) is 3.60. The van der Waals surface area contributed by atoms with E-state index >= 15 is 0 Å². The van der Waals surface area contributed by atoms with Crippen molar-refractivity contribution in [3.05, 3.63) is 23.9 Å². The van der Waals surface area contributed by atoms with E-state index in [1.54, 1.807) is 26.2 Å². The quantitative estimate of drug-likeness (QED) is 0.891. The molecule has 2 heterocycles. The number of nitrogens with zero attached hydrogens (tertiary/aromatic N) is 2. The van der Waals surface area contributed by atoms with Gasteiger partial charge in [-0.3, -0.25) is 4.79 Å². The molecule has 20 heavy (non-hydrogen) atoms. The van der Waals surface area contributed by atoms with Crippen LogP contribution in [0.5, 0.6) is 0 Å². The molecule has 0 atom stereocenters. The van der Waals surface area contributed by atoms with Crippen LogP contribution in [0, 0.1) is 0 Å². The van der Waals surface area contributed by atoms with Crippen molar-refractivity contribution in [1.82, 2.24) is 9.88 Å². The Bertz CT molecular complexity index is 567. The van der Waals surface area contributed by atoms with Gasteiger partial charge in [-0.1, -0.05) is 0 Å². The third kappa shape index (κ3) is 3.69. The zero-order valence-corrected chi connectivity index (χ0v) is 12.5. The van der Waals surface area contributed by atoms with Crippen molar-refractivity contribution >= 4 is 21.6 Å². The van der Waals surface area contributed by atoms with Crippen molar-refractivity contribution in [2.75, 3.05) is 30.9 Å². The first kappa shape index (κ1) is 14.8. The van der Waals surface area contributed by atoms with Crippen LogP contribution in [0.1, 0.15) is 23.2 Å². The minimum absolute atomic E-state index is 0.0900. The molecule has 0 spiro atoms. The zero-order valence-electron chi connectivity index (χ0n) is 11.7. The molecule has 1 aromatic rings. The molecule has 1 fully saturated rings. The molecule has 1 N–H and O–H groups in total. The molecule has 1 aliphatic rings. The highest BCUT2D eigenvalue weighted by Crippen LogP contribution is 2.17. The molecule has 0 aromatic carbocycles. The smallest absolute Gasteiger partial charge is 0.254 e. The number of anilines is 1. The molecule has 0 saturated carbocycles. The van der Waals surface area contributed by atoms with Crippen molar-refractivity contribution < 1.29 is 13.2 Å². The van der Waals surface area contributed by atoms with Gasteiger partial charge in [0.15, 0.2) is 0 Å². The van der Waals surface area contributed by atoms with Crippen LogP contribution in [0.3, 0.4) is 0 Å². The van der Waals surface area contributed by atoms with Gasteiger partial charge in [-0.25, -0.2) is 13.4 Å². The highest BCUT2D eigenvalue weighted by Gasteiger charge is 2.23. The minimum Gasteiger partial charge on any atom is -0.367 e. The number of sulfone groups is 1. The van der Waals surface area contributed by atoms with Crippen molar-refractivity contribution in [3.63, 3.8) is 0 Å². The Morgan fingerprint density at radius 2 is 1.95 bits per heavy atom. The summed E-state index contributed by atoms with van der Waals surface area (Å²) in [5, 5.41) is 3.21. The highest BCUT2D eigenvalue weighted by molar-refractivity contribution is 7.91. The number of pyridine rings is 1. The van der Waals surface area contributed by atoms with E-state index in [0.29, 0.717) is 24.2 Å². The van der Waals surface area contributed by atoms with E-state index < -0.39 is 9.84 Å². The average Bonchev–Trinajstić information content (AvgIpc) is 2.41. The van der Waals surface area contributed by atoms with E-state index in [0.717, 1.165) is 0 Å². The molecule has 6 nitrogen and oxygen atoms in total. The Kier molecular flexibility index (Phi) is 4.27. The fourth-order valence-electron chi connectivity index (χ4n) is 2.11. The van der Waals surface area contributed by atoms with Gasteiger partial charge in [0.05, 0.1) is 17.1 Å². The summed E-state index contributed by atoms with van der Waals surface area (Å²) < 4.78 is 22.7. The summed E-state index contributed by atoms with van der Waals surface area (Å²) in [5.74, 6) is 1.03. The van der Waals surface area contributed by atoms with E-state index in [1.807, 2.05) is 0 Å². The van der Waals surface area contributed by atoms with Gasteiger partial charge >= 0.3 is 0 Å². The second-order valence-corrected chi connectivity index (χ2v) is 7.51. The summed E-state index contributed by atoms with van der Waals surface area (Å²) in [5.41, 5.74) is 0.534. The first-order valence-electron chi connectivity index (χ1n) is 6.52. The van der Waals surface area contributed by atoms with Gasteiger partial charge in [-0.05, 0) is 25.0 Å². The van der Waals surface area contributed by atoms with Crippen LogP contribution in [-0.4, -0.2) is 55.9 Å². The molecular formula is C13H19N3O3S. The number of carbonyl (C=O) groups excluding carboxylic acids is 1. The summed E-state index contributed by atoms with van der Waals surface area (Å²) in [6, 6.07) is 3.60. The molecular weight excluding hydrogens is 278 g/mol. The molecule has 0 radical (unpaired) electrons. The van der Waals surface area contributed by atoms with Crippen molar-refractivity contribution in [1.29, 1.82) is 0 Å². The Hall–Kier alpha value is -1.63. The predicted octanol–water partition coefficient (Wildman–Crippen LogP) is 0.772. The van der Waals surface area contributed by atoms with Gasteiger partial charge in [0.25, 0.3) is 5.91 Å². The molecule has 0 aliphatic carbocycles. The average molecular weight is 297 g/mol. The number of aromatic nitrogens is 1. The molecule has 1 saturated heterocycles. The summed E-state index contributed by atoms with van der Waals surface area (Å²) >= 11 is 0. The van der Waals surface area contributed by atoms with E-state index in [-0.39, 0.29) is 23.5 Å². The standard InChI is InChI=1S/C13H19N3O3S/c1-16(2)13(17)10-3-4-12(14-9-10)15-11-5-7-20(18,19)8-6-11/h3-4,9,11H,5-8H2,1-2H3,(H,14,15). The van der Waals surface area contributed by atoms with Gasteiger partial charge in [0, 0.05) is 26.3 Å². The zero-order chi connectivity index (χ0) is 14.8. The number of hydrogen-bond acceptors (Lipinski definition) is 5. The number of carbonyl (C=O) groups is 1. The minimum atomic E-state index is -2.85. The molecule has 0 bridgehead atoms. The van der Waals surface area contributed by atoms with Gasteiger partial charge in [0.1, 0.15) is 15.7 Å². The predicted molar refractivity (Wildman–Crippen MR) is 77.6 cm³/mol. The lowest BCUT2D eigenvalue weighted by Gasteiger charge is -2.23. The van der Waals surface area contributed by atoms with Crippen LogP contribution in [-0.2, 0) is 9.84 Å². The molecule has 1 amide bonds. The van der Waals surface area contributed by atoms with Gasteiger partial charge < -0.3 is 10.2 Å². The third-order valence-corrected chi connectivity index (χ3v) is 5.04. The van der Waals surface area contributed by atoms with Gasteiger partial charge in [-0.2, -0.15) is 0 Å². The number of nitrogens with one attached hydrogen (secondary N) is 1. The van der Waals surface area contributed by atoms with Crippen LogP contribution in [0.4, 0.5) is 5.82 Å². The number of rotatable bonds is 3. The van der Waals surface area contributed by atoms with Gasteiger partial charge in [-0.15, -0.1) is 0 Å². The summed E-state index contributed by atoms with van der Waals surface area (Å²) in [7, 11) is 0.537. The molecule has 2 rings (SSSR count). The first-order chi connectivity index (χ1) is 9.37. The normalized spacial score (nSPS) is 18.5. The van der Waals surface area contributed by atoms with Crippen LogP contribution >= 0.6 is 0 Å². The van der Waals surface area contributed by atoms with Gasteiger partial charge in [0.2, 0.25) is 0 Å². The lowest BCUT2D eigenvalue weighted by atomic mass is 10.1. The fraction of sp³-hybridized carbons (Fsp3) is 0.538. The maximum atomic E-state index is 11.7. The second-order valence-electron chi connectivity index (χ2n) is 5.20. The third-order valence-electron chi connectivity index (χ3n) is 3.32. The lowest BCUT2D eigenvalue weighted by molar-refractivity contribution is 0.0827. The van der Waals surface area contributed by atoms with Crippen LogP contribution < -0.4 is 5.32 Å². The van der Waals surface area contributed by atoms with E-state index in [9.17, 15) is 13.2 Å². The topological polar surface area (TPSA) is 79.4 Å². The summed E-state index contributed by atoms with van der Waals surface area (Å²) in [6.45, 7) is 0. The maximum Gasteiger partial charge on any atom is 0.254 e. The van der Waals surface area contributed by atoms with Crippen LogP contribution in [0.25, 0.3) is 0 Å². The molecule has 7 heteroatoms. The molecule has 1 aliphatic heterocycles. The Morgan fingerprint density at radius 3 is 2.45 bits per heavy atom. The Balaban J connectivity index is 1.96.